The van der Waals surface area contributed by atoms with Gasteiger partial charge < -0.3 is 25.4 Å². The van der Waals surface area contributed by atoms with Crippen LogP contribution in [0, 0.1) is 0 Å². The van der Waals surface area contributed by atoms with Crippen molar-refractivity contribution >= 4 is 11.9 Å². The summed E-state index contributed by atoms with van der Waals surface area (Å²) < 4.78 is 10.3. The number of rotatable bonds is 7. The average Bonchev–Trinajstić information content (AvgIpc) is 2.63. The highest BCUT2D eigenvalue weighted by molar-refractivity contribution is 5.89. The van der Waals surface area contributed by atoms with Crippen LogP contribution in [0.25, 0.3) is 0 Å². The van der Waals surface area contributed by atoms with Gasteiger partial charge in [-0.25, -0.2) is 4.79 Å². The van der Waals surface area contributed by atoms with Crippen LogP contribution in [0.4, 0.5) is 0 Å². The maximum atomic E-state index is 12.0. The molecule has 0 aliphatic heterocycles. The summed E-state index contributed by atoms with van der Waals surface area (Å²) in [5, 5.41) is 18.7. The van der Waals surface area contributed by atoms with Gasteiger partial charge in [0.2, 0.25) is 0 Å². The molecule has 2 rings (SSSR count). The predicted octanol–water partition coefficient (Wildman–Crippen LogP) is 1.76. The normalized spacial score (nSPS) is 12.8. The molecule has 4 N–H and O–H groups in total. The first kappa shape index (κ1) is 19.3. The summed E-state index contributed by atoms with van der Waals surface area (Å²) in [6.07, 6.45) is -0.498. The fourth-order valence-electron chi connectivity index (χ4n) is 2.20. The molecule has 0 saturated heterocycles. The number of nitrogens with two attached hydrogens (primary N) is 1. The monoisotopic (exact) mass is 359 g/mol. The molecule has 0 aliphatic rings. The molecule has 138 valence electrons. The minimum absolute atomic E-state index is 0.119. The molecular weight excluding hydrogens is 338 g/mol. The Kier molecular flexibility index (Phi) is 6.57. The first-order valence-corrected chi connectivity index (χ1v) is 8.06. The molecular formula is C19H21NO6. The van der Waals surface area contributed by atoms with Crippen LogP contribution < -0.4 is 5.73 Å². The van der Waals surface area contributed by atoms with Crippen molar-refractivity contribution in [3.8, 4) is 11.5 Å². The molecule has 1 unspecified atom stereocenters. The van der Waals surface area contributed by atoms with E-state index in [0.717, 1.165) is 0 Å². The van der Waals surface area contributed by atoms with Gasteiger partial charge in [-0.3, -0.25) is 4.79 Å². The first-order chi connectivity index (χ1) is 12.4. The van der Waals surface area contributed by atoms with E-state index in [1.165, 1.54) is 12.1 Å². The van der Waals surface area contributed by atoms with Gasteiger partial charge in [0.1, 0.15) is 18.8 Å². The van der Waals surface area contributed by atoms with Crippen molar-refractivity contribution in [3.63, 3.8) is 0 Å². The molecule has 2 aromatic rings. The number of benzene rings is 2. The molecule has 7 nitrogen and oxygen atoms in total. The number of carbonyl (C=O) groups excluding carboxylic acids is 2. The predicted molar refractivity (Wildman–Crippen MR) is 93.7 cm³/mol. The molecule has 0 fully saturated rings. The summed E-state index contributed by atoms with van der Waals surface area (Å²) in [7, 11) is 0. The van der Waals surface area contributed by atoms with E-state index in [9.17, 15) is 19.8 Å². The second-order valence-corrected chi connectivity index (χ2v) is 5.85. The quantitative estimate of drug-likeness (QED) is 0.509. The summed E-state index contributed by atoms with van der Waals surface area (Å²) in [6.45, 7) is 1.49. The van der Waals surface area contributed by atoms with E-state index < -0.39 is 24.1 Å². The van der Waals surface area contributed by atoms with E-state index in [0.29, 0.717) is 11.1 Å². The van der Waals surface area contributed by atoms with E-state index in [4.69, 9.17) is 15.2 Å². The molecule has 0 saturated carbocycles. The highest BCUT2D eigenvalue weighted by Crippen LogP contribution is 2.25. The number of phenolic OH excluding ortho intramolecular Hbond substituents is 2. The number of phenols is 2. The SMILES string of the molecule is C[C@H](COC(=O)C(N)Cc1ccc(O)c(O)c1)OC(=O)c1ccccc1. The number of esters is 2. The largest absolute Gasteiger partial charge is 0.504 e. The molecule has 0 spiro atoms. The van der Waals surface area contributed by atoms with Crippen LogP contribution in [-0.2, 0) is 20.7 Å². The van der Waals surface area contributed by atoms with E-state index >= 15 is 0 Å². The number of hydrogen-bond donors (Lipinski definition) is 3. The van der Waals surface area contributed by atoms with Crippen molar-refractivity contribution in [2.45, 2.75) is 25.5 Å². The minimum atomic E-state index is -0.948. The smallest absolute Gasteiger partial charge is 0.338 e. The van der Waals surface area contributed by atoms with Crippen molar-refractivity contribution in [2.75, 3.05) is 6.61 Å². The molecule has 0 aliphatic carbocycles. The molecule has 7 heteroatoms. The number of carbonyl (C=O) groups is 2. The van der Waals surface area contributed by atoms with Gasteiger partial charge in [0, 0.05) is 0 Å². The van der Waals surface area contributed by atoms with Gasteiger partial charge in [-0.1, -0.05) is 24.3 Å². The van der Waals surface area contributed by atoms with E-state index in [1.807, 2.05) is 0 Å². The molecule has 26 heavy (non-hydrogen) atoms. The number of aromatic hydroxyl groups is 2. The van der Waals surface area contributed by atoms with E-state index in [1.54, 1.807) is 43.3 Å². The molecule has 0 radical (unpaired) electrons. The highest BCUT2D eigenvalue weighted by Gasteiger charge is 2.19. The Hall–Kier alpha value is -3.06. The molecule has 2 aromatic carbocycles. The van der Waals surface area contributed by atoms with Gasteiger partial charge in [0.25, 0.3) is 0 Å². The fraction of sp³-hybridized carbons (Fsp3) is 0.263. The molecule has 0 amide bonds. The average molecular weight is 359 g/mol. The Balaban J connectivity index is 1.79. The second-order valence-electron chi connectivity index (χ2n) is 5.85. The zero-order valence-electron chi connectivity index (χ0n) is 14.3. The van der Waals surface area contributed by atoms with Gasteiger partial charge >= 0.3 is 11.9 Å². The van der Waals surface area contributed by atoms with E-state index in [2.05, 4.69) is 0 Å². The lowest BCUT2D eigenvalue weighted by molar-refractivity contribution is -0.148. The lowest BCUT2D eigenvalue weighted by atomic mass is 10.1. The Morgan fingerprint density at radius 2 is 1.77 bits per heavy atom. The topological polar surface area (TPSA) is 119 Å². The third kappa shape index (κ3) is 5.49. The third-order valence-corrected chi connectivity index (χ3v) is 3.58. The Morgan fingerprint density at radius 3 is 2.42 bits per heavy atom. The fourth-order valence-corrected chi connectivity index (χ4v) is 2.20. The highest BCUT2D eigenvalue weighted by atomic mass is 16.6. The van der Waals surface area contributed by atoms with Crippen LogP contribution in [-0.4, -0.2) is 40.9 Å². The minimum Gasteiger partial charge on any atom is -0.504 e. The van der Waals surface area contributed by atoms with Crippen molar-refractivity contribution in [1.82, 2.24) is 0 Å². The number of hydrogen-bond acceptors (Lipinski definition) is 7. The van der Waals surface area contributed by atoms with Crippen molar-refractivity contribution in [1.29, 1.82) is 0 Å². The third-order valence-electron chi connectivity index (χ3n) is 3.58. The van der Waals surface area contributed by atoms with Gasteiger partial charge in [0.15, 0.2) is 11.5 Å². The summed E-state index contributed by atoms with van der Waals surface area (Å²) in [5.41, 5.74) is 6.78. The van der Waals surface area contributed by atoms with Gasteiger partial charge in [-0.05, 0) is 43.2 Å². The summed E-state index contributed by atoms with van der Waals surface area (Å²) in [5.74, 6) is -1.69. The van der Waals surface area contributed by atoms with Crippen LogP contribution in [0.3, 0.4) is 0 Å². The van der Waals surface area contributed by atoms with Crippen molar-refractivity contribution in [3.05, 3.63) is 59.7 Å². The Bertz CT molecular complexity index is 762. The maximum absolute atomic E-state index is 12.0. The van der Waals surface area contributed by atoms with Crippen molar-refractivity contribution in [2.24, 2.45) is 5.73 Å². The van der Waals surface area contributed by atoms with Crippen LogP contribution in [0.5, 0.6) is 11.5 Å². The number of ether oxygens (including phenoxy) is 2. The van der Waals surface area contributed by atoms with Crippen LogP contribution >= 0.6 is 0 Å². The summed E-state index contributed by atoms with van der Waals surface area (Å²) in [4.78, 5) is 23.9. The van der Waals surface area contributed by atoms with Gasteiger partial charge in [-0.2, -0.15) is 0 Å². The van der Waals surface area contributed by atoms with Gasteiger partial charge in [-0.15, -0.1) is 0 Å². The van der Waals surface area contributed by atoms with Crippen LogP contribution in [0.2, 0.25) is 0 Å². The zero-order chi connectivity index (χ0) is 19.1. The summed E-state index contributed by atoms with van der Waals surface area (Å²) >= 11 is 0. The lowest BCUT2D eigenvalue weighted by Crippen LogP contribution is -2.36. The zero-order valence-corrected chi connectivity index (χ0v) is 14.3. The standard InChI is InChI=1S/C19H21NO6/c1-12(26-18(23)14-5-3-2-4-6-14)11-25-19(24)15(20)9-13-7-8-16(21)17(22)10-13/h2-8,10,12,15,21-22H,9,11,20H2,1H3/t12-,15?/m1/s1. The van der Waals surface area contributed by atoms with E-state index in [-0.39, 0.29) is 24.5 Å². The first-order valence-electron chi connectivity index (χ1n) is 8.06. The van der Waals surface area contributed by atoms with Crippen molar-refractivity contribution < 1.29 is 29.3 Å². The molecule has 2 atom stereocenters. The van der Waals surface area contributed by atoms with Gasteiger partial charge in [0.05, 0.1) is 5.56 Å². The Labute approximate surface area is 151 Å². The molecule has 0 heterocycles. The maximum Gasteiger partial charge on any atom is 0.338 e. The Morgan fingerprint density at radius 1 is 1.08 bits per heavy atom. The van der Waals surface area contributed by atoms with Crippen LogP contribution in [0.15, 0.2) is 48.5 Å². The second kappa shape index (κ2) is 8.87. The molecule has 0 aromatic heterocycles. The van der Waals surface area contributed by atoms with Crippen LogP contribution in [0.1, 0.15) is 22.8 Å². The molecule has 0 bridgehead atoms. The summed E-state index contributed by atoms with van der Waals surface area (Å²) in [6, 6.07) is 11.7. The lowest BCUT2D eigenvalue weighted by Gasteiger charge is -2.16.